The van der Waals surface area contributed by atoms with E-state index in [1.165, 1.54) is 36.0 Å². The molecule has 2 aromatic rings. The summed E-state index contributed by atoms with van der Waals surface area (Å²) in [6.45, 7) is 2.09. The van der Waals surface area contributed by atoms with E-state index >= 15 is 0 Å². The Hall–Kier alpha value is -1.89. The van der Waals surface area contributed by atoms with Gasteiger partial charge in [-0.3, -0.25) is 4.79 Å². The molecule has 3 rings (SSSR count). The largest absolute Gasteiger partial charge is 0.294 e. The molecule has 0 atom stereocenters. The molecule has 0 aliphatic heterocycles. The van der Waals surface area contributed by atoms with Gasteiger partial charge < -0.3 is 0 Å². The van der Waals surface area contributed by atoms with Gasteiger partial charge in [0.05, 0.1) is 0 Å². The fourth-order valence-corrected chi connectivity index (χ4v) is 2.98. The first kappa shape index (κ1) is 14.1. The minimum absolute atomic E-state index is 0.262. The fraction of sp³-hybridized carbons (Fsp3) is 0.350. The number of benzene rings is 2. The smallest absolute Gasteiger partial charge is 0.163 e. The van der Waals surface area contributed by atoms with Crippen molar-refractivity contribution in [3.05, 3.63) is 70.8 Å². The van der Waals surface area contributed by atoms with Gasteiger partial charge >= 0.3 is 0 Å². The van der Waals surface area contributed by atoms with Gasteiger partial charge in [-0.1, -0.05) is 54.4 Å². The van der Waals surface area contributed by atoms with Crippen molar-refractivity contribution in [1.29, 1.82) is 0 Å². The summed E-state index contributed by atoms with van der Waals surface area (Å²) in [5.41, 5.74) is 4.74. The van der Waals surface area contributed by atoms with Gasteiger partial charge in [-0.25, -0.2) is 0 Å². The van der Waals surface area contributed by atoms with E-state index in [-0.39, 0.29) is 5.78 Å². The molecule has 1 aliphatic rings. The first-order chi connectivity index (χ1) is 10.2. The highest BCUT2D eigenvalue weighted by Gasteiger charge is 2.20. The number of rotatable bonds is 5. The molecule has 0 aromatic heterocycles. The lowest BCUT2D eigenvalue weighted by Crippen LogP contribution is -2.10. The molecule has 0 amide bonds. The van der Waals surface area contributed by atoms with E-state index in [1.807, 2.05) is 12.1 Å². The quantitative estimate of drug-likeness (QED) is 0.697. The first-order valence-corrected chi connectivity index (χ1v) is 7.91. The molecule has 1 fully saturated rings. The molecule has 1 heteroatoms. The number of hydrogen-bond donors (Lipinski definition) is 0. The van der Waals surface area contributed by atoms with Crippen molar-refractivity contribution in [2.24, 2.45) is 0 Å². The van der Waals surface area contributed by atoms with Crippen molar-refractivity contribution in [2.75, 3.05) is 0 Å². The van der Waals surface area contributed by atoms with Gasteiger partial charge in [0.25, 0.3) is 0 Å². The van der Waals surface area contributed by atoms with Gasteiger partial charge in [0, 0.05) is 12.0 Å². The number of aryl methyl sites for hydroxylation is 2. The van der Waals surface area contributed by atoms with E-state index < -0.39 is 0 Å². The Bertz CT molecular complexity index is 638. The highest BCUT2D eigenvalue weighted by molar-refractivity contribution is 5.96. The number of Topliss-reactive ketones (excluding diaryl/α,β-unsaturated/α-hetero) is 1. The predicted molar refractivity (Wildman–Crippen MR) is 86.9 cm³/mol. The zero-order valence-electron chi connectivity index (χ0n) is 12.6. The molecule has 1 nitrogen and oxygen atoms in total. The van der Waals surface area contributed by atoms with Crippen LogP contribution >= 0.6 is 0 Å². The zero-order valence-corrected chi connectivity index (χ0v) is 12.6. The Labute approximate surface area is 127 Å². The standard InChI is InChI=1S/C20H22O/c1-15-5-2-6-16(13-15)11-12-20(21)19-10-4-9-18(14-19)17-7-3-8-17/h2,4-6,9-10,13-14,17H,3,7-8,11-12H2,1H3. The Balaban J connectivity index is 1.65. The van der Waals surface area contributed by atoms with Crippen LogP contribution in [-0.2, 0) is 6.42 Å². The molecule has 1 saturated carbocycles. The molecule has 0 saturated heterocycles. The second-order valence-electron chi connectivity index (χ2n) is 6.17. The monoisotopic (exact) mass is 278 g/mol. The predicted octanol–water partition coefficient (Wildman–Crippen LogP) is 5.08. The summed E-state index contributed by atoms with van der Waals surface area (Å²) in [7, 11) is 0. The van der Waals surface area contributed by atoms with Gasteiger partial charge in [0.2, 0.25) is 0 Å². The van der Waals surface area contributed by atoms with E-state index in [4.69, 9.17) is 0 Å². The van der Waals surface area contributed by atoms with Crippen LogP contribution in [0.15, 0.2) is 48.5 Å². The normalized spacial score (nSPS) is 14.7. The third kappa shape index (κ3) is 3.41. The lowest BCUT2D eigenvalue weighted by molar-refractivity contribution is 0.0982. The topological polar surface area (TPSA) is 17.1 Å². The maximum atomic E-state index is 12.4. The second kappa shape index (κ2) is 6.26. The molecule has 0 radical (unpaired) electrons. The Morgan fingerprint density at radius 2 is 1.90 bits per heavy atom. The van der Waals surface area contributed by atoms with Gasteiger partial charge in [-0.2, -0.15) is 0 Å². The van der Waals surface area contributed by atoms with Crippen molar-refractivity contribution in [3.63, 3.8) is 0 Å². The number of carbonyl (C=O) groups is 1. The van der Waals surface area contributed by atoms with Crippen LogP contribution in [0.25, 0.3) is 0 Å². The van der Waals surface area contributed by atoms with Gasteiger partial charge in [-0.15, -0.1) is 0 Å². The second-order valence-corrected chi connectivity index (χ2v) is 6.17. The number of carbonyl (C=O) groups excluding carboxylic acids is 1. The van der Waals surface area contributed by atoms with Crippen LogP contribution < -0.4 is 0 Å². The third-order valence-electron chi connectivity index (χ3n) is 4.51. The molecule has 0 spiro atoms. The Morgan fingerprint density at radius 3 is 2.62 bits per heavy atom. The van der Waals surface area contributed by atoms with Gasteiger partial charge in [0.1, 0.15) is 0 Å². The van der Waals surface area contributed by atoms with Crippen molar-refractivity contribution in [1.82, 2.24) is 0 Å². The zero-order chi connectivity index (χ0) is 14.7. The first-order valence-electron chi connectivity index (χ1n) is 7.91. The third-order valence-corrected chi connectivity index (χ3v) is 4.51. The van der Waals surface area contributed by atoms with Crippen LogP contribution in [0, 0.1) is 6.92 Å². The van der Waals surface area contributed by atoms with Crippen LogP contribution in [0.4, 0.5) is 0 Å². The number of hydrogen-bond acceptors (Lipinski definition) is 1. The number of ketones is 1. The minimum Gasteiger partial charge on any atom is -0.294 e. The molecule has 0 heterocycles. The summed E-state index contributed by atoms with van der Waals surface area (Å²) in [6, 6.07) is 16.7. The van der Waals surface area contributed by atoms with E-state index in [2.05, 4.69) is 43.3 Å². The molecule has 2 aromatic carbocycles. The van der Waals surface area contributed by atoms with Gasteiger partial charge in [0.15, 0.2) is 5.78 Å². The summed E-state index contributed by atoms with van der Waals surface area (Å²) < 4.78 is 0. The molecule has 0 bridgehead atoms. The van der Waals surface area contributed by atoms with Crippen LogP contribution in [-0.4, -0.2) is 5.78 Å². The van der Waals surface area contributed by atoms with E-state index in [9.17, 15) is 4.79 Å². The highest BCUT2D eigenvalue weighted by Crippen LogP contribution is 2.36. The minimum atomic E-state index is 0.262. The fourth-order valence-electron chi connectivity index (χ4n) is 2.98. The van der Waals surface area contributed by atoms with E-state index in [1.54, 1.807) is 0 Å². The van der Waals surface area contributed by atoms with Gasteiger partial charge in [-0.05, 0) is 49.3 Å². The maximum absolute atomic E-state index is 12.4. The summed E-state index contributed by atoms with van der Waals surface area (Å²) >= 11 is 0. The van der Waals surface area contributed by atoms with Crippen LogP contribution in [0.3, 0.4) is 0 Å². The van der Waals surface area contributed by atoms with Crippen molar-refractivity contribution >= 4 is 5.78 Å². The molecule has 0 N–H and O–H groups in total. The molecular weight excluding hydrogens is 256 g/mol. The average Bonchev–Trinajstić information content (AvgIpc) is 2.43. The SMILES string of the molecule is Cc1cccc(CCC(=O)c2cccc(C3CCC3)c2)c1. The molecule has 1 aliphatic carbocycles. The molecular formula is C20H22O. The Kier molecular flexibility index (Phi) is 4.19. The Morgan fingerprint density at radius 1 is 1.10 bits per heavy atom. The van der Waals surface area contributed by atoms with Crippen LogP contribution in [0.1, 0.15) is 58.6 Å². The average molecular weight is 278 g/mol. The molecule has 0 unspecified atom stereocenters. The van der Waals surface area contributed by atoms with Crippen molar-refractivity contribution < 1.29 is 4.79 Å². The molecule has 108 valence electrons. The van der Waals surface area contributed by atoms with Crippen molar-refractivity contribution in [2.45, 2.75) is 44.9 Å². The summed E-state index contributed by atoms with van der Waals surface area (Å²) in [5, 5.41) is 0. The van der Waals surface area contributed by atoms with Crippen LogP contribution in [0.2, 0.25) is 0 Å². The van der Waals surface area contributed by atoms with E-state index in [0.717, 1.165) is 12.0 Å². The lowest BCUT2D eigenvalue weighted by Gasteiger charge is -2.26. The highest BCUT2D eigenvalue weighted by atomic mass is 16.1. The van der Waals surface area contributed by atoms with Crippen molar-refractivity contribution in [3.8, 4) is 0 Å². The lowest BCUT2D eigenvalue weighted by atomic mass is 9.79. The van der Waals surface area contributed by atoms with E-state index in [0.29, 0.717) is 12.3 Å². The summed E-state index contributed by atoms with van der Waals surface area (Å²) in [6.07, 6.45) is 5.31. The summed E-state index contributed by atoms with van der Waals surface area (Å²) in [5.74, 6) is 0.951. The summed E-state index contributed by atoms with van der Waals surface area (Å²) in [4.78, 5) is 12.4. The molecule has 21 heavy (non-hydrogen) atoms. The maximum Gasteiger partial charge on any atom is 0.163 e. The van der Waals surface area contributed by atoms with Crippen LogP contribution in [0.5, 0.6) is 0 Å².